The Morgan fingerprint density at radius 3 is 2.36 bits per heavy atom. The molecule has 0 radical (unpaired) electrons. The highest BCUT2D eigenvalue weighted by atomic mass is 16.1. The number of hydrogen-bond acceptors (Lipinski definition) is 3. The average molecular weight is 292 g/mol. The van der Waals surface area contributed by atoms with E-state index in [1.807, 2.05) is 25.1 Å². The fourth-order valence-electron chi connectivity index (χ4n) is 2.07. The van der Waals surface area contributed by atoms with Crippen molar-refractivity contribution in [3.05, 3.63) is 70.8 Å². The highest BCUT2D eigenvalue weighted by Gasteiger charge is 2.12. The lowest BCUT2D eigenvalue weighted by atomic mass is 10.1. The molecule has 1 aliphatic rings. The van der Waals surface area contributed by atoms with Gasteiger partial charge in [0.2, 0.25) is 0 Å². The number of nitriles is 1. The molecule has 0 amide bonds. The Kier molecular flexibility index (Phi) is 5.46. The van der Waals surface area contributed by atoms with Gasteiger partial charge in [0.25, 0.3) is 0 Å². The predicted molar refractivity (Wildman–Crippen MR) is 87.9 cm³/mol. The number of ketones is 1. The van der Waals surface area contributed by atoms with E-state index in [9.17, 15) is 4.79 Å². The van der Waals surface area contributed by atoms with Crippen LogP contribution in [0.2, 0.25) is 0 Å². The number of rotatable bonds is 4. The standard InChI is InChI=1S/C12H14N2O.C7H6/c1-14(2)7-6-12(15)11-5-3-4-10(8-11)9-13;1-2-4-7-5-6(7)3-1/h3-5,8H,6-7H2,1-2H3;1-4H,5H2. The van der Waals surface area contributed by atoms with E-state index in [0.29, 0.717) is 17.5 Å². The Hall–Kier alpha value is -2.44. The zero-order chi connectivity index (χ0) is 15.9. The molecule has 0 spiro atoms. The quantitative estimate of drug-likeness (QED) is 0.693. The predicted octanol–water partition coefficient (Wildman–Crippen LogP) is 3.28. The van der Waals surface area contributed by atoms with Crippen molar-refractivity contribution in [3.8, 4) is 6.07 Å². The van der Waals surface area contributed by atoms with E-state index in [4.69, 9.17) is 5.26 Å². The van der Waals surface area contributed by atoms with Gasteiger partial charge in [-0.2, -0.15) is 5.26 Å². The van der Waals surface area contributed by atoms with Gasteiger partial charge in [-0.15, -0.1) is 0 Å². The topological polar surface area (TPSA) is 44.1 Å². The number of carbonyl (C=O) groups excluding carboxylic acids is 1. The number of benzene rings is 2. The largest absolute Gasteiger partial charge is 0.309 e. The summed E-state index contributed by atoms with van der Waals surface area (Å²) in [6.45, 7) is 0.732. The fourth-order valence-corrected chi connectivity index (χ4v) is 2.07. The lowest BCUT2D eigenvalue weighted by molar-refractivity contribution is 0.0972. The van der Waals surface area contributed by atoms with Crippen molar-refractivity contribution < 1.29 is 4.79 Å². The Balaban J connectivity index is 0.000000205. The highest BCUT2D eigenvalue weighted by Crippen LogP contribution is 2.25. The first-order chi connectivity index (χ1) is 10.6. The first kappa shape index (κ1) is 15.9. The molecular formula is C19H20N2O. The number of fused-ring (bicyclic) bond motifs is 1. The summed E-state index contributed by atoms with van der Waals surface area (Å²) in [5.41, 5.74) is 4.21. The Labute approximate surface area is 131 Å². The summed E-state index contributed by atoms with van der Waals surface area (Å²) in [4.78, 5) is 13.6. The van der Waals surface area contributed by atoms with Crippen LogP contribution in [0.3, 0.4) is 0 Å². The van der Waals surface area contributed by atoms with Crippen LogP contribution in [-0.4, -0.2) is 31.3 Å². The molecule has 0 saturated carbocycles. The van der Waals surface area contributed by atoms with E-state index in [0.717, 1.165) is 6.54 Å². The van der Waals surface area contributed by atoms with Crippen molar-refractivity contribution in [1.82, 2.24) is 4.90 Å². The molecule has 2 aromatic carbocycles. The van der Waals surface area contributed by atoms with Gasteiger partial charge < -0.3 is 4.90 Å². The molecule has 0 heterocycles. The van der Waals surface area contributed by atoms with Crippen LogP contribution in [0.1, 0.15) is 33.5 Å². The third-order valence-electron chi connectivity index (χ3n) is 3.47. The molecule has 2 aromatic rings. The van der Waals surface area contributed by atoms with Gasteiger partial charge in [-0.05, 0) is 43.8 Å². The molecule has 0 unspecified atom stereocenters. The van der Waals surface area contributed by atoms with Gasteiger partial charge in [-0.3, -0.25) is 4.79 Å². The lowest BCUT2D eigenvalue weighted by Crippen LogP contribution is -2.16. The number of Topliss-reactive ketones (excluding diaryl/α,β-unsaturated/α-hetero) is 1. The van der Waals surface area contributed by atoms with Crippen LogP contribution >= 0.6 is 0 Å². The second-order valence-electron chi connectivity index (χ2n) is 5.61. The molecule has 3 heteroatoms. The van der Waals surface area contributed by atoms with Crippen LogP contribution in [-0.2, 0) is 6.42 Å². The normalized spacial score (nSPS) is 11.0. The van der Waals surface area contributed by atoms with E-state index >= 15 is 0 Å². The molecule has 1 aliphatic carbocycles. The third-order valence-corrected chi connectivity index (χ3v) is 3.47. The fraction of sp³-hybridized carbons (Fsp3) is 0.263. The summed E-state index contributed by atoms with van der Waals surface area (Å²) in [6.07, 6.45) is 1.73. The van der Waals surface area contributed by atoms with E-state index < -0.39 is 0 Å². The van der Waals surface area contributed by atoms with Crippen molar-refractivity contribution in [2.24, 2.45) is 0 Å². The average Bonchev–Trinajstić information content (AvgIpc) is 3.32. The summed E-state index contributed by atoms with van der Waals surface area (Å²) < 4.78 is 0. The van der Waals surface area contributed by atoms with Crippen LogP contribution in [0, 0.1) is 11.3 Å². The molecule has 0 bridgehead atoms. The van der Waals surface area contributed by atoms with Crippen molar-refractivity contribution >= 4 is 5.78 Å². The van der Waals surface area contributed by atoms with E-state index in [2.05, 4.69) is 24.3 Å². The minimum Gasteiger partial charge on any atom is -0.309 e. The zero-order valence-corrected chi connectivity index (χ0v) is 13.0. The summed E-state index contributed by atoms with van der Waals surface area (Å²) in [6, 6.07) is 17.4. The summed E-state index contributed by atoms with van der Waals surface area (Å²) in [7, 11) is 3.86. The molecule has 0 N–H and O–H groups in total. The van der Waals surface area contributed by atoms with Gasteiger partial charge in [0.15, 0.2) is 5.78 Å². The minimum atomic E-state index is 0.0841. The van der Waals surface area contributed by atoms with Gasteiger partial charge in [-0.25, -0.2) is 0 Å². The first-order valence-electron chi connectivity index (χ1n) is 7.35. The van der Waals surface area contributed by atoms with Crippen LogP contribution in [0.25, 0.3) is 0 Å². The smallest absolute Gasteiger partial charge is 0.164 e. The van der Waals surface area contributed by atoms with Gasteiger partial charge >= 0.3 is 0 Å². The van der Waals surface area contributed by atoms with E-state index in [1.54, 1.807) is 24.3 Å². The van der Waals surface area contributed by atoms with Crippen LogP contribution in [0.5, 0.6) is 0 Å². The monoisotopic (exact) mass is 292 g/mol. The highest BCUT2D eigenvalue weighted by molar-refractivity contribution is 5.96. The number of carbonyl (C=O) groups is 1. The SMILES string of the molecule is CN(C)CCC(=O)c1cccc(C#N)c1.c1ccc2c(c1)C2. The maximum absolute atomic E-state index is 11.7. The molecule has 22 heavy (non-hydrogen) atoms. The second-order valence-corrected chi connectivity index (χ2v) is 5.61. The third kappa shape index (κ3) is 4.83. The van der Waals surface area contributed by atoms with Crippen molar-refractivity contribution in [3.63, 3.8) is 0 Å². The van der Waals surface area contributed by atoms with Gasteiger partial charge in [0.05, 0.1) is 11.6 Å². The number of nitrogens with zero attached hydrogens (tertiary/aromatic N) is 2. The Morgan fingerprint density at radius 1 is 1.14 bits per heavy atom. The molecular weight excluding hydrogens is 272 g/mol. The molecule has 0 aromatic heterocycles. The van der Waals surface area contributed by atoms with Crippen LogP contribution in [0.4, 0.5) is 0 Å². The van der Waals surface area contributed by atoms with Crippen molar-refractivity contribution in [2.75, 3.05) is 20.6 Å². The molecule has 3 nitrogen and oxygen atoms in total. The Morgan fingerprint density at radius 2 is 1.82 bits per heavy atom. The second kappa shape index (κ2) is 7.53. The number of hydrogen-bond donors (Lipinski definition) is 0. The molecule has 0 saturated heterocycles. The van der Waals surface area contributed by atoms with Crippen LogP contribution in [0.15, 0.2) is 48.5 Å². The molecule has 3 rings (SSSR count). The van der Waals surface area contributed by atoms with Gasteiger partial charge in [0, 0.05) is 18.5 Å². The van der Waals surface area contributed by atoms with E-state index in [1.165, 1.54) is 17.5 Å². The van der Waals surface area contributed by atoms with Crippen molar-refractivity contribution in [1.29, 1.82) is 5.26 Å². The summed E-state index contributed by atoms with van der Waals surface area (Å²) in [5.74, 6) is 0.0841. The molecule has 112 valence electrons. The van der Waals surface area contributed by atoms with Gasteiger partial charge in [-0.1, -0.05) is 36.4 Å². The zero-order valence-electron chi connectivity index (χ0n) is 13.0. The maximum atomic E-state index is 11.7. The summed E-state index contributed by atoms with van der Waals surface area (Å²) >= 11 is 0. The first-order valence-corrected chi connectivity index (χ1v) is 7.35. The van der Waals surface area contributed by atoms with Gasteiger partial charge in [0.1, 0.15) is 0 Å². The van der Waals surface area contributed by atoms with Crippen molar-refractivity contribution in [2.45, 2.75) is 12.8 Å². The Bertz CT molecular complexity index is 678. The van der Waals surface area contributed by atoms with Crippen LogP contribution < -0.4 is 0 Å². The molecule has 0 atom stereocenters. The van der Waals surface area contributed by atoms with E-state index in [-0.39, 0.29) is 5.78 Å². The molecule has 0 fully saturated rings. The minimum absolute atomic E-state index is 0.0841. The maximum Gasteiger partial charge on any atom is 0.164 e. The summed E-state index contributed by atoms with van der Waals surface area (Å²) in [5, 5.41) is 8.69. The lowest BCUT2D eigenvalue weighted by Gasteiger charge is -2.08. The molecule has 0 aliphatic heterocycles.